The van der Waals surface area contributed by atoms with Crippen molar-refractivity contribution in [1.82, 2.24) is 9.80 Å². The number of piperazine rings is 1. The Morgan fingerprint density at radius 3 is 2.37 bits per heavy atom. The maximum absolute atomic E-state index is 12.2. The standard InChI is InChI=1S/C16H22N2O/c1-3-17-9-11-18(12-10-17)16(19)13-14(2)15-7-5-4-6-8-15/h4-8,13H,3,9-12H2,1-2H3/b14-13+. The average molecular weight is 258 g/mol. The molecule has 3 nitrogen and oxygen atoms in total. The Bertz CT molecular complexity index is 445. The van der Waals surface area contributed by atoms with Crippen molar-refractivity contribution >= 4 is 11.5 Å². The highest BCUT2D eigenvalue weighted by molar-refractivity contribution is 5.94. The van der Waals surface area contributed by atoms with Gasteiger partial charge in [0.2, 0.25) is 5.91 Å². The SMILES string of the molecule is CCN1CCN(C(=O)/C=C(\C)c2ccccc2)CC1. The highest BCUT2D eigenvalue weighted by Crippen LogP contribution is 2.13. The van der Waals surface area contributed by atoms with E-state index < -0.39 is 0 Å². The van der Waals surface area contributed by atoms with Gasteiger partial charge >= 0.3 is 0 Å². The molecular weight excluding hydrogens is 236 g/mol. The lowest BCUT2D eigenvalue weighted by atomic mass is 10.1. The van der Waals surface area contributed by atoms with E-state index in [0.29, 0.717) is 0 Å². The van der Waals surface area contributed by atoms with Gasteiger partial charge in [-0.3, -0.25) is 4.79 Å². The Balaban J connectivity index is 1.97. The molecular formula is C16H22N2O. The van der Waals surface area contributed by atoms with Crippen LogP contribution in [0.4, 0.5) is 0 Å². The molecule has 1 aromatic rings. The molecule has 0 aromatic heterocycles. The molecule has 1 saturated heterocycles. The third-order valence-electron chi connectivity index (χ3n) is 3.70. The predicted molar refractivity (Wildman–Crippen MR) is 78.8 cm³/mol. The third kappa shape index (κ3) is 3.67. The van der Waals surface area contributed by atoms with Gasteiger partial charge in [-0.05, 0) is 24.6 Å². The van der Waals surface area contributed by atoms with Gasteiger partial charge in [0.1, 0.15) is 0 Å². The summed E-state index contributed by atoms with van der Waals surface area (Å²) in [6, 6.07) is 10.1. The van der Waals surface area contributed by atoms with Crippen LogP contribution in [0.3, 0.4) is 0 Å². The number of carbonyl (C=O) groups excluding carboxylic acids is 1. The first kappa shape index (κ1) is 13.8. The van der Waals surface area contributed by atoms with E-state index in [1.54, 1.807) is 6.08 Å². The number of benzene rings is 1. The highest BCUT2D eigenvalue weighted by Gasteiger charge is 2.18. The van der Waals surface area contributed by atoms with Crippen LogP contribution in [0.5, 0.6) is 0 Å². The summed E-state index contributed by atoms with van der Waals surface area (Å²) in [4.78, 5) is 16.5. The maximum atomic E-state index is 12.2. The van der Waals surface area contributed by atoms with Crippen LogP contribution >= 0.6 is 0 Å². The Labute approximate surface area is 115 Å². The number of rotatable bonds is 3. The number of hydrogen-bond acceptors (Lipinski definition) is 2. The molecule has 1 aliphatic heterocycles. The monoisotopic (exact) mass is 258 g/mol. The summed E-state index contributed by atoms with van der Waals surface area (Å²) in [5.74, 6) is 0.136. The van der Waals surface area contributed by atoms with Crippen LogP contribution in [0.1, 0.15) is 19.4 Å². The zero-order valence-electron chi connectivity index (χ0n) is 11.8. The van der Waals surface area contributed by atoms with E-state index in [1.807, 2.05) is 42.2 Å². The van der Waals surface area contributed by atoms with E-state index in [0.717, 1.165) is 43.9 Å². The summed E-state index contributed by atoms with van der Waals surface area (Å²) in [7, 11) is 0. The van der Waals surface area contributed by atoms with Crippen LogP contribution in [0.25, 0.3) is 5.57 Å². The fourth-order valence-electron chi connectivity index (χ4n) is 2.35. The molecule has 0 unspecified atom stereocenters. The van der Waals surface area contributed by atoms with Crippen molar-refractivity contribution in [3.05, 3.63) is 42.0 Å². The first-order valence-corrected chi connectivity index (χ1v) is 6.95. The topological polar surface area (TPSA) is 23.6 Å². The van der Waals surface area contributed by atoms with Crippen LogP contribution in [0.2, 0.25) is 0 Å². The Hall–Kier alpha value is -1.61. The first-order valence-electron chi connectivity index (χ1n) is 6.95. The fourth-order valence-corrected chi connectivity index (χ4v) is 2.35. The van der Waals surface area contributed by atoms with Crippen LogP contribution in [0, 0.1) is 0 Å². The van der Waals surface area contributed by atoms with E-state index in [2.05, 4.69) is 11.8 Å². The van der Waals surface area contributed by atoms with Gasteiger partial charge in [-0.25, -0.2) is 0 Å². The molecule has 1 heterocycles. The van der Waals surface area contributed by atoms with Crippen LogP contribution < -0.4 is 0 Å². The lowest BCUT2D eigenvalue weighted by Gasteiger charge is -2.33. The van der Waals surface area contributed by atoms with E-state index in [1.165, 1.54) is 0 Å². The van der Waals surface area contributed by atoms with Gasteiger partial charge in [-0.1, -0.05) is 37.3 Å². The second kappa shape index (κ2) is 6.53. The average Bonchev–Trinajstić information content (AvgIpc) is 2.48. The van der Waals surface area contributed by atoms with Crippen LogP contribution in [0.15, 0.2) is 36.4 Å². The molecule has 0 bridgehead atoms. The number of carbonyl (C=O) groups is 1. The normalized spacial score (nSPS) is 17.6. The van der Waals surface area contributed by atoms with Crippen molar-refractivity contribution < 1.29 is 4.79 Å². The van der Waals surface area contributed by atoms with Gasteiger partial charge in [0.05, 0.1) is 0 Å². The lowest BCUT2D eigenvalue weighted by molar-refractivity contribution is -0.127. The summed E-state index contributed by atoms with van der Waals surface area (Å²) >= 11 is 0. The number of hydrogen-bond donors (Lipinski definition) is 0. The van der Waals surface area contributed by atoms with E-state index in [4.69, 9.17) is 0 Å². The van der Waals surface area contributed by atoms with Gasteiger partial charge in [-0.2, -0.15) is 0 Å². The minimum Gasteiger partial charge on any atom is -0.337 e. The fraction of sp³-hybridized carbons (Fsp3) is 0.438. The molecule has 2 rings (SSSR count). The number of likely N-dealkylation sites (N-methyl/N-ethyl adjacent to an activating group) is 1. The number of amides is 1. The highest BCUT2D eigenvalue weighted by atomic mass is 16.2. The number of allylic oxidation sites excluding steroid dienone is 1. The molecule has 3 heteroatoms. The molecule has 102 valence electrons. The summed E-state index contributed by atoms with van der Waals surface area (Å²) < 4.78 is 0. The van der Waals surface area contributed by atoms with Gasteiger partial charge in [0.25, 0.3) is 0 Å². The summed E-state index contributed by atoms with van der Waals surface area (Å²) in [6.45, 7) is 8.88. The van der Waals surface area contributed by atoms with Gasteiger partial charge in [0, 0.05) is 32.3 Å². The van der Waals surface area contributed by atoms with Crippen molar-refractivity contribution in [2.45, 2.75) is 13.8 Å². The second-order valence-corrected chi connectivity index (χ2v) is 4.95. The van der Waals surface area contributed by atoms with Gasteiger partial charge < -0.3 is 9.80 Å². The van der Waals surface area contributed by atoms with Gasteiger partial charge in [0.15, 0.2) is 0 Å². The molecule has 1 aliphatic rings. The largest absolute Gasteiger partial charge is 0.337 e. The molecule has 1 fully saturated rings. The van der Waals surface area contributed by atoms with Crippen molar-refractivity contribution in [2.75, 3.05) is 32.7 Å². The maximum Gasteiger partial charge on any atom is 0.246 e. The minimum absolute atomic E-state index is 0.136. The Morgan fingerprint density at radius 1 is 1.16 bits per heavy atom. The second-order valence-electron chi connectivity index (χ2n) is 4.95. The Morgan fingerprint density at radius 2 is 1.79 bits per heavy atom. The molecule has 0 saturated carbocycles. The summed E-state index contributed by atoms with van der Waals surface area (Å²) in [5.41, 5.74) is 2.14. The molecule has 0 N–H and O–H groups in total. The molecule has 0 aliphatic carbocycles. The van der Waals surface area contributed by atoms with Crippen molar-refractivity contribution in [3.8, 4) is 0 Å². The quantitative estimate of drug-likeness (QED) is 0.776. The molecule has 1 amide bonds. The van der Waals surface area contributed by atoms with E-state index >= 15 is 0 Å². The molecule has 1 aromatic carbocycles. The summed E-state index contributed by atoms with van der Waals surface area (Å²) in [6.07, 6.45) is 1.76. The van der Waals surface area contributed by atoms with Crippen molar-refractivity contribution in [1.29, 1.82) is 0 Å². The van der Waals surface area contributed by atoms with E-state index in [9.17, 15) is 4.79 Å². The van der Waals surface area contributed by atoms with Crippen LogP contribution in [-0.4, -0.2) is 48.4 Å². The van der Waals surface area contributed by atoms with E-state index in [-0.39, 0.29) is 5.91 Å². The lowest BCUT2D eigenvalue weighted by Crippen LogP contribution is -2.48. The predicted octanol–water partition coefficient (Wildman–Crippen LogP) is 2.25. The Kier molecular flexibility index (Phi) is 4.74. The summed E-state index contributed by atoms with van der Waals surface area (Å²) in [5, 5.41) is 0. The zero-order chi connectivity index (χ0) is 13.7. The van der Waals surface area contributed by atoms with Crippen molar-refractivity contribution in [3.63, 3.8) is 0 Å². The molecule has 0 atom stereocenters. The van der Waals surface area contributed by atoms with Gasteiger partial charge in [-0.15, -0.1) is 0 Å². The van der Waals surface area contributed by atoms with Crippen LogP contribution in [-0.2, 0) is 4.79 Å². The van der Waals surface area contributed by atoms with Crippen molar-refractivity contribution in [2.24, 2.45) is 0 Å². The molecule has 0 radical (unpaired) electrons. The number of nitrogens with zero attached hydrogens (tertiary/aromatic N) is 2. The first-order chi connectivity index (χ1) is 9.20. The smallest absolute Gasteiger partial charge is 0.246 e. The zero-order valence-corrected chi connectivity index (χ0v) is 11.8. The molecule has 19 heavy (non-hydrogen) atoms. The molecule has 0 spiro atoms. The minimum atomic E-state index is 0.136. The third-order valence-corrected chi connectivity index (χ3v) is 3.70.